The van der Waals surface area contributed by atoms with Gasteiger partial charge in [0.05, 0.1) is 6.21 Å². The van der Waals surface area contributed by atoms with Crippen molar-refractivity contribution in [2.75, 3.05) is 26.2 Å². The van der Waals surface area contributed by atoms with Crippen molar-refractivity contribution in [1.29, 1.82) is 0 Å². The van der Waals surface area contributed by atoms with Gasteiger partial charge in [-0.3, -0.25) is 9.91 Å². The molecule has 120 valence electrons. The molecule has 0 radical (unpaired) electrons. The summed E-state index contributed by atoms with van der Waals surface area (Å²) >= 11 is 0. The quantitative estimate of drug-likeness (QED) is 0.883. The van der Waals surface area contributed by atoms with Gasteiger partial charge < -0.3 is 5.11 Å². The largest absolute Gasteiger partial charge is 0.507 e. The molecule has 0 atom stereocenters. The van der Waals surface area contributed by atoms with Crippen molar-refractivity contribution >= 4 is 6.21 Å². The first kappa shape index (κ1) is 15.6. The van der Waals surface area contributed by atoms with Crippen LogP contribution in [-0.4, -0.2) is 47.4 Å². The van der Waals surface area contributed by atoms with Crippen LogP contribution in [0.1, 0.15) is 16.7 Å². The molecule has 2 aromatic rings. The number of rotatable bonds is 4. The van der Waals surface area contributed by atoms with E-state index in [4.69, 9.17) is 0 Å². The lowest BCUT2D eigenvalue weighted by Crippen LogP contribution is -2.43. The summed E-state index contributed by atoms with van der Waals surface area (Å²) in [6.45, 7) is 6.95. The van der Waals surface area contributed by atoms with Crippen LogP contribution in [0.5, 0.6) is 5.75 Å². The fraction of sp³-hybridized carbons (Fsp3) is 0.316. The number of hydrazone groups is 1. The number of para-hydroxylation sites is 1. The smallest absolute Gasteiger partial charge is 0.124 e. The third-order valence-corrected chi connectivity index (χ3v) is 4.17. The maximum Gasteiger partial charge on any atom is 0.124 e. The first-order chi connectivity index (χ1) is 11.2. The van der Waals surface area contributed by atoms with Crippen molar-refractivity contribution in [3.05, 3.63) is 65.2 Å². The lowest BCUT2D eigenvalue weighted by Gasteiger charge is -2.33. The molecular formula is C19H23N3O. The minimum atomic E-state index is 0.272. The van der Waals surface area contributed by atoms with Gasteiger partial charge in [0.2, 0.25) is 0 Å². The molecule has 1 heterocycles. The van der Waals surface area contributed by atoms with E-state index in [0.29, 0.717) is 0 Å². The Bertz CT molecular complexity index is 659. The van der Waals surface area contributed by atoms with Crippen LogP contribution in [-0.2, 0) is 6.54 Å². The zero-order valence-electron chi connectivity index (χ0n) is 13.5. The van der Waals surface area contributed by atoms with Crippen LogP contribution in [0.3, 0.4) is 0 Å². The number of nitrogens with zero attached hydrogens (tertiary/aromatic N) is 3. The summed E-state index contributed by atoms with van der Waals surface area (Å²) in [7, 11) is 0. The van der Waals surface area contributed by atoms with E-state index < -0.39 is 0 Å². The van der Waals surface area contributed by atoms with Crippen LogP contribution in [0.2, 0.25) is 0 Å². The average molecular weight is 309 g/mol. The molecule has 0 aromatic heterocycles. The zero-order chi connectivity index (χ0) is 16.1. The van der Waals surface area contributed by atoms with Gasteiger partial charge >= 0.3 is 0 Å². The lowest BCUT2D eigenvalue weighted by atomic mass is 10.1. The molecule has 0 bridgehead atoms. The third kappa shape index (κ3) is 4.33. The molecule has 2 aromatic carbocycles. The number of aromatic hydroxyl groups is 1. The molecule has 1 N–H and O–H groups in total. The van der Waals surface area contributed by atoms with Gasteiger partial charge in [-0.25, -0.2) is 0 Å². The van der Waals surface area contributed by atoms with E-state index in [9.17, 15) is 5.11 Å². The van der Waals surface area contributed by atoms with Gasteiger partial charge in [-0.2, -0.15) is 5.10 Å². The molecule has 4 heteroatoms. The van der Waals surface area contributed by atoms with E-state index in [2.05, 4.69) is 46.2 Å². The maximum absolute atomic E-state index is 9.75. The highest BCUT2D eigenvalue weighted by Crippen LogP contribution is 2.14. The zero-order valence-corrected chi connectivity index (χ0v) is 13.5. The van der Waals surface area contributed by atoms with E-state index in [1.807, 2.05) is 18.2 Å². The minimum Gasteiger partial charge on any atom is -0.507 e. The molecule has 0 amide bonds. The Morgan fingerprint density at radius 2 is 1.70 bits per heavy atom. The van der Waals surface area contributed by atoms with Gasteiger partial charge in [-0.05, 0) is 24.6 Å². The SMILES string of the molecule is Cc1ccc(CN2CCN(/N=C\c3ccccc3O)CC2)cc1. The Balaban J connectivity index is 1.50. The number of hydrogen-bond donors (Lipinski definition) is 1. The van der Waals surface area contributed by atoms with Crippen molar-refractivity contribution < 1.29 is 5.11 Å². The normalized spacial score (nSPS) is 16.1. The van der Waals surface area contributed by atoms with Crippen LogP contribution >= 0.6 is 0 Å². The molecule has 1 saturated heterocycles. The van der Waals surface area contributed by atoms with Crippen LogP contribution < -0.4 is 0 Å². The third-order valence-electron chi connectivity index (χ3n) is 4.17. The molecular weight excluding hydrogens is 286 g/mol. The number of piperazine rings is 1. The second kappa shape index (κ2) is 7.29. The molecule has 23 heavy (non-hydrogen) atoms. The van der Waals surface area contributed by atoms with Gasteiger partial charge in [0.1, 0.15) is 5.75 Å². The molecule has 1 aliphatic heterocycles. The predicted octanol–water partition coefficient (Wildman–Crippen LogP) is 2.85. The molecule has 1 aliphatic rings. The Kier molecular flexibility index (Phi) is 4.93. The summed E-state index contributed by atoms with van der Waals surface area (Å²) in [5, 5.41) is 16.3. The van der Waals surface area contributed by atoms with Crippen LogP contribution in [0.15, 0.2) is 53.6 Å². The molecule has 0 unspecified atom stereocenters. The topological polar surface area (TPSA) is 39.1 Å². The van der Waals surface area contributed by atoms with Crippen LogP contribution in [0.25, 0.3) is 0 Å². The summed E-state index contributed by atoms with van der Waals surface area (Å²) < 4.78 is 0. The standard InChI is InChI=1S/C19H23N3O/c1-16-6-8-17(9-7-16)15-21-10-12-22(13-11-21)20-14-18-4-2-3-5-19(18)23/h2-9,14,23H,10-13,15H2,1H3/b20-14-. The average Bonchev–Trinajstić information content (AvgIpc) is 2.58. The van der Waals surface area contributed by atoms with Gasteiger partial charge in [0.15, 0.2) is 0 Å². The highest BCUT2D eigenvalue weighted by atomic mass is 16.3. The number of aryl methyl sites for hydroxylation is 1. The minimum absolute atomic E-state index is 0.272. The molecule has 4 nitrogen and oxygen atoms in total. The number of phenolic OH excluding ortho intramolecular Hbond substituents is 1. The van der Waals surface area contributed by atoms with E-state index in [-0.39, 0.29) is 5.75 Å². The van der Waals surface area contributed by atoms with Crippen molar-refractivity contribution in [2.24, 2.45) is 5.10 Å². The number of phenols is 1. The van der Waals surface area contributed by atoms with E-state index in [1.165, 1.54) is 11.1 Å². The van der Waals surface area contributed by atoms with E-state index >= 15 is 0 Å². The first-order valence-corrected chi connectivity index (χ1v) is 8.05. The van der Waals surface area contributed by atoms with E-state index in [0.717, 1.165) is 38.3 Å². The van der Waals surface area contributed by atoms with E-state index in [1.54, 1.807) is 12.3 Å². The highest BCUT2D eigenvalue weighted by molar-refractivity contribution is 5.82. The molecule has 1 fully saturated rings. The predicted molar refractivity (Wildman–Crippen MR) is 93.7 cm³/mol. The second-order valence-corrected chi connectivity index (χ2v) is 6.02. The lowest BCUT2D eigenvalue weighted by molar-refractivity contribution is 0.131. The number of hydrogen-bond acceptors (Lipinski definition) is 4. The van der Waals surface area contributed by atoms with Gasteiger partial charge in [-0.15, -0.1) is 0 Å². The molecule has 0 aliphatic carbocycles. The van der Waals surface area contributed by atoms with Gasteiger partial charge in [0, 0.05) is 38.3 Å². The monoisotopic (exact) mass is 309 g/mol. The van der Waals surface area contributed by atoms with Gasteiger partial charge in [-0.1, -0.05) is 42.0 Å². The summed E-state index contributed by atoms with van der Waals surface area (Å²) in [5.41, 5.74) is 3.42. The van der Waals surface area contributed by atoms with Crippen molar-refractivity contribution in [2.45, 2.75) is 13.5 Å². The summed E-state index contributed by atoms with van der Waals surface area (Å²) in [5.74, 6) is 0.272. The van der Waals surface area contributed by atoms with Crippen LogP contribution in [0.4, 0.5) is 0 Å². The fourth-order valence-electron chi connectivity index (χ4n) is 2.70. The summed E-state index contributed by atoms with van der Waals surface area (Å²) in [6.07, 6.45) is 1.74. The highest BCUT2D eigenvalue weighted by Gasteiger charge is 2.15. The molecule has 0 spiro atoms. The Hall–Kier alpha value is -2.33. The first-order valence-electron chi connectivity index (χ1n) is 8.05. The molecule has 0 saturated carbocycles. The number of benzene rings is 2. The molecule has 3 rings (SSSR count). The fourth-order valence-corrected chi connectivity index (χ4v) is 2.70. The van der Waals surface area contributed by atoms with Crippen molar-refractivity contribution in [1.82, 2.24) is 9.91 Å². The Morgan fingerprint density at radius 1 is 1.00 bits per heavy atom. The maximum atomic E-state index is 9.75. The Labute approximate surface area is 137 Å². The summed E-state index contributed by atoms with van der Waals surface area (Å²) in [4.78, 5) is 2.46. The second-order valence-electron chi connectivity index (χ2n) is 6.02. The van der Waals surface area contributed by atoms with Gasteiger partial charge in [0.25, 0.3) is 0 Å². The summed E-state index contributed by atoms with van der Waals surface area (Å²) in [6, 6.07) is 16.0. The van der Waals surface area contributed by atoms with Crippen molar-refractivity contribution in [3.63, 3.8) is 0 Å². The Morgan fingerprint density at radius 3 is 2.39 bits per heavy atom. The van der Waals surface area contributed by atoms with Crippen LogP contribution in [0, 0.1) is 6.92 Å². The van der Waals surface area contributed by atoms with Crippen molar-refractivity contribution in [3.8, 4) is 5.75 Å².